The molecule has 0 spiro atoms. The maximum atomic E-state index is 6.46. The van der Waals surface area contributed by atoms with Crippen LogP contribution in [0.5, 0.6) is 5.75 Å². The number of rotatable bonds is 3. The van der Waals surface area contributed by atoms with Gasteiger partial charge in [-0.2, -0.15) is 0 Å². The highest BCUT2D eigenvalue weighted by Crippen LogP contribution is 2.46. The van der Waals surface area contributed by atoms with Crippen molar-refractivity contribution in [2.24, 2.45) is 0 Å². The number of nitrogens with zero attached hydrogens (tertiary/aromatic N) is 4. The van der Waals surface area contributed by atoms with Crippen molar-refractivity contribution in [2.45, 2.75) is 57.9 Å². The SMILES string of the molecule is Cc1noc(C)c1-c1ccc2nc(C3CCCCC3)n3c2c1OCC3c1ccccn1. The zero-order valence-electron chi connectivity index (χ0n) is 18.0. The number of hydrogen-bond acceptors (Lipinski definition) is 5. The lowest BCUT2D eigenvalue weighted by Gasteiger charge is -2.30. The fourth-order valence-corrected chi connectivity index (χ4v) is 5.38. The first-order valence-corrected chi connectivity index (χ1v) is 11.2. The minimum atomic E-state index is 0.0237. The number of imidazole rings is 1. The molecule has 6 rings (SSSR count). The molecule has 6 heteroatoms. The zero-order chi connectivity index (χ0) is 20.9. The number of ether oxygens (including phenoxy) is 1. The van der Waals surface area contributed by atoms with Gasteiger partial charge in [0.05, 0.1) is 22.5 Å². The fraction of sp³-hybridized carbons (Fsp3) is 0.400. The van der Waals surface area contributed by atoms with Crippen LogP contribution < -0.4 is 4.74 Å². The van der Waals surface area contributed by atoms with Gasteiger partial charge in [0.15, 0.2) is 5.75 Å². The zero-order valence-corrected chi connectivity index (χ0v) is 18.0. The Morgan fingerprint density at radius 1 is 1.03 bits per heavy atom. The molecule has 1 fully saturated rings. The van der Waals surface area contributed by atoms with Crippen LogP contribution in [0, 0.1) is 13.8 Å². The van der Waals surface area contributed by atoms with Gasteiger partial charge in [0, 0.05) is 17.7 Å². The van der Waals surface area contributed by atoms with Gasteiger partial charge in [-0.1, -0.05) is 30.5 Å². The van der Waals surface area contributed by atoms with Gasteiger partial charge in [0.2, 0.25) is 0 Å². The van der Waals surface area contributed by atoms with E-state index in [2.05, 4.69) is 32.9 Å². The van der Waals surface area contributed by atoms with E-state index in [4.69, 9.17) is 14.2 Å². The van der Waals surface area contributed by atoms with Crippen molar-refractivity contribution in [2.75, 3.05) is 6.61 Å². The van der Waals surface area contributed by atoms with Crippen LogP contribution in [-0.2, 0) is 0 Å². The molecule has 3 aromatic heterocycles. The standard InChI is InChI=1S/C25H26N4O2/c1-15-22(16(2)31-28-15)18-11-12-20-23-24(18)30-14-21(19-10-6-7-13-26-19)29(23)25(27-20)17-8-4-3-5-9-17/h6-7,10-13,17,21H,3-5,8-9,14H2,1-2H3. The summed E-state index contributed by atoms with van der Waals surface area (Å²) in [5.41, 5.74) is 6.00. The molecule has 0 N–H and O–H groups in total. The Morgan fingerprint density at radius 2 is 1.90 bits per heavy atom. The van der Waals surface area contributed by atoms with Crippen molar-refractivity contribution in [1.82, 2.24) is 19.7 Å². The highest BCUT2D eigenvalue weighted by atomic mass is 16.5. The summed E-state index contributed by atoms with van der Waals surface area (Å²) in [4.78, 5) is 9.84. The minimum absolute atomic E-state index is 0.0237. The van der Waals surface area contributed by atoms with Crippen molar-refractivity contribution in [3.63, 3.8) is 0 Å². The van der Waals surface area contributed by atoms with Gasteiger partial charge in [-0.05, 0) is 51.0 Å². The van der Waals surface area contributed by atoms with Crippen molar-refractivity contribution in [3.05, 3.63) is 59.5 Å². The molecule has 1 aliphatic carbocycles. The van der Waals surface area contributed by atoms with Gasteiger partial charge in [-0.3, -0.25) is 4.98 Å². The van der Waals surface area contributed by atoms with E-state index in [1.54, 1.807) is 0 Å². The average Bonchev–Trinajstić information content (AvgIpc) is 3.37. The molecule has 0 bridgehead atoms. The molecule has 1 aromatic carbocycles. The van der Waals surface area contributed by atoms with Gasteiger partial charge in [-0.25, -0.2) is 4.98 Å². The van der Waals surface area contributed by atoms with Crippen LogP contribution in [0.2, 0.25) is 0 Å². The summed E-state index contributed by atoms with van der Waals surface area (Å²) >= 11 is 0. The lowest BCUT2D eigenvalue weighted by Crippen LogP contribution is -2.27. The van der Waals surface area contributed by atoms with Crippen molar-refractivity contribution in [1.29, 1.82) is 0 Å². The maximum absolute atomic E-state index is 6.46. The van der Waals surface area contributed by atoms with Gasteiger partial charge >= 0.3 is 0 Å². The normalized spacial score (nSPS) is 19.0. The molecule has 2 aliphatic rings. The molecule has 0 radical (unpaired) electrons. The average molecular weight is 415 g/mol. The summed E-state index contributed by atoms with van der Waals surface area (Å²) in [6.45, 7) is 4.47. The van der Waals surface area contributed by atoms with Crippen LogP contribution in [0.25, 0.3) is 22.2 Å². The molecule has 0 amide bonds. The molecular formula is C25H26N4O2. The van der Waals surface area contributed by atoms with E-state index in [0.29, 0.717) is 12.5 Å². The molecule has 1 atom stereocenters. The molecule has 1 aliphatic heterocycles. The maximum Gasteiger partial charge on any atom is 0.153 e. The van der Waals surface area contributed by atoms with Gasteiger partial charge < -0.3 is 13.8 Å². The van der Waals surface area contributed by atoms with Crippen molar-refractivity contribution < 1.29 is 9.26 Å². The molecule has 0 saturated heterocycles. The first kappa shape index (κ1) is 18.6. The Kier molecular flexibility index (Phi) is 4.33. The van der Waals surface area contributed by atoms with Crippen LogP contribution in [0.1, 0.15) is 67.0 Å². The molecule has 6 nitrogen and oxygen atoms in total. The first-order chi connectivity index (χ1) is 15.2. The highest BCUT2D eigenvalue weighted by Gasteiger charge is 2.34. The predicted octanol–water partition coefficient (Wildman–Crippen LogP) is 5.73. The molecule has 31 heavy (non-hydrogen) atoms. The second-order valence-electron chi connectivity index (χ2n) is 8.77. The molecule has 1 saturated carbocycles. The first-order valence-electron chi connectivity index (χ1n) is 11.2. The lowest BCUT2D eigenvalue weighted by atomic mass is 9.88. The van der Waals surface area contributed by atoms with Gasteiger partial charge in [0.25, 0.3) is 0 Å². The van der Waals surface area contributed by atoms with Crippen LogP contribution >= 0.6 is 0 Å². The Balaban J connectivity index is 1.62. The molecule has 158 valence electrons. The largest absolute Gasteiger partial charge is 0.488 e. The minimum Gasteiger partial charge on any atom is -0.488 e. The Labute approximate surface area is 181 Å². The quantitative estimate of drug-likeness (QED) is 0.428. The van der Waals surface area contributed by atoms with E-state index >= 15 is 0 Å². The predicted molar refractivity (Wildman–Crippen MR) is 118 cm³/mol. The second-order valence-corrected chi connectivity index (χ2v) is 8.77. The number of aromatic nitrogens is 4. The fourth-order valence-electron chi connectivity index (χ4n) is 5.38. The van der Waals surface area contributed by atoms with Gasteiger partial charge in [0.1, 0.15) is 29.8 Å². The number of pyridine rings is 1. The number of aryl methyl sites for hydroxylation is 2. The number of benzene rings is 1. The summed E-state index contributed by atoms with van der Waals surface area (Å²) in [6.07, 6.45) is 8.13. The summed E-state index contributed by atoms with van der Waals surface area (Å²) in [5, 5.41) is 4.17. The molecule has 4 aromatic rings. The van der Waals surface area contributed by atoms with E-state index < -0.39 is 0 Å². The third-order valence-electron chi connectivity index (χ3n) is 6.83. The Hall–Kier alpha value is -3.15. The summed E-state index contributed by atoms with van der Waals surface area (Å²) in [7, 11) is 0. The van der Waals surface area contributed by atoms with Crippen LogP contribution in [-0.4, -0.2) is 26.3 Å². The van der Waals surface area contributed by atoms with Gasteiger partial charge in [-0.15, -0.1) is 0 Å². The van der Waals surface area contributed by atoms with E-state index in [-0.39, 0.29) is 6.04 Å². The smallest absolute Gasteiger partial charge is 0.153 e. The Morgan fingerprint density at radius 3 is 2.65 bits per heavy atom. The third-order valence-corrected chi connectivity index (χ3v) is 6.83. The van der Waals surface area contributed by atoms with E-state index in [9.17, 15) is 0 Å². The van der Waals surface area contributed by atoms with Crippen LogP contribution in [0.3, 0.4) is 0 Å². The Bertz CT molecular complexity index is 1230. The van der Waals surface area contributed by atoms with Crippen LogP contribution in [0.15, 0.2) is 41.1 Å². The summed E-state index contributed by atoms with van der Waals surface area (Å²) < 4.78 is 14.3. The second kappa shape index (κ2) is 7.22. The third kappa shape index (κ3) is 2.88. The molecule has 1 unspecified atom stereocenters. The number of hydrogen-bond donors (Lipinski definition) is 0. The monoisotopic (exact) mass is 414 g/mol. The summed E-state index contributed by atoms with van der Waals surface area (Å²) in [5.74, 6) is 3.36. The molecule has 4 heterocycles. The highest BCUT2D eigenvalue weighted by molar-refractivity contribution is 5.93. The van der Waals surface area contributed by atoms with Crippen LogP contribution in [0.4, 0.5) is 0 Å². The van der Waals surface area contributed by atoms with Crippen molar-refractivity contribution in [3.8, 4) is 16.9 Å². The lowest BCUT2D eigenvalue weighted by molar-refractivity contribution is 0.250. The van der Waals surface area contributed by atoms with E-state index in [0.717, 1.165) is 45.1 Å². The topological polar surface area (TPSA) is 66.0 Å². The summed E-state index contributed by atoms with van der Waals surface area (Å²) in [6, 6.07) is 10.3. The van der Waals surface area contributed by atoms with Crippen molar-refractivity contribution >= 4 is 11.0 Å². The molecular weight excluding hydrogens is 388 g/mol. The van der Waals surface area contributed by atoms with E-state index in [1.165, 1.54) is 37.9 Å². The van der Waals surface area contributed by atoms with E-state index in [1.807, 2.05) is 32.2 Å².